The van der Waals surface area contributed by atoms with Gasteiger partial charge in [-0.05, 0) is 25.1 Å². The van der Waals surface area contributed by atoms with Crippen LogP contribution >= 0.6 is 11.6 Å². The SMILES string of the molecule is Cc1nc(Cl)cc(Oc2cccc(C(=O)NCC(N)=O)c2)n1. The first-order chi connectivity index (χ1) is 10.4. The van der Waals surface area contributed by atoms with Gasteiger partial charge in [-0.3, -0.25) is 9.59 Å². The topological polar surface area (TPSA) is 107 Å². The van der Waals surface area contributed by atoms with E-state index in [1.54, 1.807) is 25.1 Å². The van der Waals surface area contributed by atoms with Gasteiger partial charge in [0.05, 0.1) is 6.54 Å². The number of carbonyl (C=O) groups is 2. The van der Waals surface area contributed by atoms with Crippen molar-refractivity contribution >= 4 is 23.4 Å². The van der Waals surface area contributed by atoms with E-state index in [9.17, 15) is 9.59 Å². The van der Waals surface area contributed by atoms with Gasteiger partial charge in [0, 0.05) is 11.6 Å². The summed E-state index contributed by atoms with van der Waals surface area (Å²) in [7, 11) is 0. The number of primary amides is 1. The van der Waals surface area contributed by atoms with E-state index in [0.717, 1.165) is 0 Å². The van der Waals surface area contributed by atoms with Crippen molar-refractivity contribution < 1.29 is 14.3 Å². The molecule has 0 spiro atoms. The fourth-order valence-electron chi connectivity index (χ4n) is 1.65. The zero-order valence-corrected chi connectivity index (χ0v) is 12.4. The van der Waals surface area contributed by atoms with Crippen LogP contribution in [0.25, 0.3) is 0 Å². The number of amides is 2. The monoisotopic (exact) mass is 320 g/mol. The lowest BCUT2D eigenvalue weighted by Crippen LogP contribution is -2.33. The lowest BCUT2D eigenvalue weighted by Gasteiger charge is -2.08. The molecule has 0 bridgehead atoms. The molecule has 7 nitrogen and oxygen atoms in total. The predicted octanol–water partition coefficient (Wildman–Crippen LogP) is 1.45. The lowest BCUT2D eigenvalue weighted by molar-refractivity contribution is -0.117. The van der Waals surface area contributed by atoms with Crippen LogP contribution in [0.4, 0.5) is 0 Å². The molecule has 114 valence electrons. The number of nitrogens with two attached hydrogens (primary N) is 1. The molecule has 0 aliphatic rings. The van der Waals surface area contributed by atoms with E-state index in [2.05, 4.69) is 15.3 Å². The molecule has 2 aromatic rings. The standard InChI is InChI=1S/C14H13ClN4O3/c1-8-18-11(15)6-13(19-8)22-10-4-2-3-9(5-10)14(21)17-7-12(16)20/h2-6H,7H2,1H3,(H2,16,20)(H,17,21). The van der Waals surface area contributed by atoms with Crippen LogP contribution < -0.4 is 15.8 Å². The van der Waals surface area contributed by atoms with Crippen LogP contribution in [0.5, 0.6) is 11.6 Å². The van der Waals surface area contributed by atoms with Crippen LogP contribution in [0.1, 0.15) is 16.2 Å². The summed E-state index contributed by atoms with van der Waals surface area (Å²) in [6, 6.07) is 7.87. The smallest absolute Gasteiger partial charge is 0.251 e. The Bertz CT molecular complexity index is 701. The molecule has 0 fully saturated rings. The Hall–Kier alpha value is -2.67. The van der Waals surface area contributed by atoms with E-state index in [0.29, 0.717) is 17.1 Å². The van der Waals surface area contributed by atoms with Gasteiger partial charge in [-0.1, -0.05) is 17.7 Å². The molecule has 2 rings (SSSR count). The Morgan fingerprint density at radius 3 is 2.77 bits per heavy atom. The average Bonchev–Trinajstić information content (AvgIpc) is 2.44. The number of hydrogen-bond acceptors (Lipinski definition) is 5. The summed E-state index contributed by atoms with van der Waals surface area (Å²) in [5.41, 5.74) is 5.30. The normalized spacial score (nSPS) is 10.1. The minimum Gasteiger partial charge on any atom is -0.439 e. The molecule has 0 atom stereocenters. The number of benzene rings is 1. The van der Waals surface area contributed by atoms with Gasteiger partial charge in [-0.25, -0.2) is 4.98 Å². The summed E-state index contributed by atoms with van der Waals surface area (Å²) < 4.78 is 5.55. The summed E-state index contributed by atoms with van der Waals surface area (Å²) >= 11 is 5.83. The highest BCUT2D eigenvalue weighted by atomic mass is 35.5. The molecular formula is C14H13ClN4O3. The molecule has 22 heavy (non-hydrogen) atoms. The Morgan fingerprint density at radius 1 is 1.32 bits per heavy atom. The van der Waals surface area contributed by atoms with E-state index >= 15 is 0 Å². The van der Waals surface area contributed by atoms with Crippen molar-refractivity contribution in [1.82, 2.24) is 15.3 Å². The predicted molar refractivity (Wildman–Crippen MR) is 79.8 cm³/mol. The minimum absolute atomic E-state index is 0.232. The number of aromatic nitrogens is 2. The maximum atomic E-state index is 11.8. The molecule has 0 saturated heterocycles. The third-order valence-electron chi connectivity index (χ3n) is 2.53. The average molecular weight is 321 g/mol. The van der Waals surface area contributed by atoms with Crippen molar-refractivity contribution in [3.8, 4) is 11.6 Å². The molecule has 2 amide bonds. The molecule has 0 radical (unpaired) electrons. The zero-order valence-electron chi connectivity index (χ0n) is 11.7. The van der Waals surface area contributed by atoms with Crippen molar-refractivity contribution in [3.05, 3.63) is 46.9 Å². The Morgan fingerprint density at radius 2 is 2.09 bits per heavy atom. The third-order valence-corrected chi connectivity index (χ3v) is 2.72. The molecule has 0 aliphatic carbocycles. The maximum absolute atomic E-state index is 11.8. The number of ether oxygens (including phenoxy) is 1. The summed E-state index contributed by atoms with van der Waals surface area (Å²) in [5.74, 6) is 0.0962. The van der Waals surface area contributed by atoms with Crippen molar-refractivity contribution in [2.75, 3.05) is 6.54 Å². The second-order valence-electron chi connectivity index (χ2n) is 4.36. The number of nitrogens with one attached hydrogen (secondary N) is 1. The number of rotatable bonds is 5. The molecule has 1 aromatic heterocycles. The Balaban J connectivity index is 2.14. The van der Waals surface area contributed by atoms with Crippen LogP contribution in [-0.4, -0.2) is 28.3 Å². The van der Waals surface area contributed by atoms with E-state index in [-0.39, 0.29) is 17.6 Å². The summed E-state index contributed by atoms with van der Waals surface area (Å²) in [6.45, 7) is 1.46. The first-order valence-corrected chi connectivity index (χ1v) is 6.67. The largest absolute Gasteiger partial charge is 0.439 e. The van der Waals surface area contributed by atoms with Gasteiger partial charge in [0.25, 0.3) is 5.91 Å². The molecule has 0 aliphatic heterocycles. The van der Waals surface area contributed by atoms with Gasteiger partial charge in [0.2, 0.25) is 11.8 Å². The van der Waals surface area contributed by atoms with E-state index in [1.807, 2.05) is 0 Å². The van der Waals surface area contributed by atoms with Crippen LogP contribution in [0.2, 0.25) is 5.15 Å². The van der Waals surface area contributed by atoms with Crippen LogP contribution in [0.3, 0.4) is 0 Å². The number of carbonyl (C=O) groups excluding carboxylic acids is 2. The van der Waals surface area contributed by atoms with Crippen LogP contribution in [0, 0.1) is 6.92 Å². The number of halogens is 1. The van der Waals surface area contributed by atoms with Gasteiger partial charge in [0.15, 0.2) is 0 Å². The Labute approximate surface area is 131 Å². The molecule has 3 N–H and O–H groups in total. The van der Waals surface area contributed by atoms with Crippen molar-refractivity contribution in [2.45, 2.75) is 6.92 Å². The first-order valence-electron chi connectivity index (χ1n) is 6.29. The highest BCUT2D eigenvalue weighted by Crippen LogP contribution is 2.22. The molecule has 0 saturated carbocycles. The highest BCUT2D eigenvalue weighted by molar-refractivity contribution is 6.29. The second-order valence-corrected chi connectivity index (χ2v) is 4.74. The van der Waals surface area contributed by atoms with Crippen LogP contribution in [0.15, 0.2) is 30.3 Å². The molecule has 1 aromatic carbocycles. The van der Waals surface area contributed by atoms with Crippen molar-refractivity contribution in [2.24, 2.45) is 5.73 Å². The van der Waals surface area contributed by atoms with Gasteiger partial charge in [-0.15, -0.1) is 0 Å². The van der Waals surface area contributed by atoms with Gasteiger partial charge in [-0.2, -0.15) is 4.98 Å². The second kappa shape index (κ2) is 6.86. The van der Waals surface area contributed by atoms with E-state index in [1.165, 1.54) is 12.1 Å². The first kappa shape index (κ1) is 15.7. The van der Waals surface area contributed by atoms with E-state index < -0.39 is 11.8 Å². The van der Waals surface area contributed by atoms with Gasteiger partial charge >= 0.3 is 0 Å². The fourth-order valence-corrected chi connectivity index (χ4v) is 1.86. The summed E-state index contributed by atoms with van der Waals surface area (Å²) in [6.07, 6.45) is 0. The van der Waals surface area contributed by atoms with Gasteiger partial charge < -0.3 is 15.8 Å². The van der Waals surface area contributed by atoms with Crippen molar-refractivity contribution in [3.63, 3.8) is 0 Å². The highest BCUT2D eigenvalue weighted by Gasteiger charge is 2.09. The zero-order chi connectivity index (χ0) is 16.1. The third kappa shape index (κ3) is 4.42. The minimum atomic E-state index is -0.619. The van der Waals surface area contributed by atoms with E-state index in [4.69, 9.17) is 22.1 Å². The van der Waals surface area contributed by atoms with Crippen molar-refractivity contribution in [1.29, 1.82) is 0 Å². The van der Waals surface area contributed by atoms with Gasteiger partial charge in [0.1, 0.15) is 16.7 Å². The molecule has 8 heteroatoms. The quantitative estimate of drug-likeness (QED) is 0.811. The number of hydrogen-bond donors (Lipinski definition) is 2. The number of aryl methyl sites for hydroxylation is 1. The Kier molecular flexibility index (Phi) is 4.90. The molecular weight excluding hydrogens is 308 g/mol. The summed E-state index contributed by atoms with van der Waals surface area (Å²) in [4.78, 5) is 30.5. The lowest BCUT2D eigenvalue weighted by atomic mass is 10.2. The molecule has 0 unspecified atom stereocenters. The fraction of sp³-hybridized carbons (Fsp3) is 0.143. The molecule has 1 heterocycles. The van der Waals surface area contributed by atoms with Crippen LogP contribution in [-0.2, 0) is 4.79 Å². The maximum Gasteiger partial charge on any atom is 0.251 e. The number of nitrogens with zero attached hydrogens (tertiary/aromatic N) is 2. The summed E-state index contributed by atoms with van der Waals surface area (Å²) in [5, 5.41) is 2.65.